The Morgan fingerprint density at radius 1 is 1.25 bits per heavy atom. The third-order valence-electron chi connectivity index (χ3n) is 5.23. The van der Waals surface area contributed by atoms with Crippen LogP contribution in [0.4, 0.5) is 8.78 Å². The van der Waals surface area contributed by atoms with Crippen molar-refractivity contribution in [3.8, 4) is 11.3 Å². The van der Waals surface area contributed by atoms with Gasteiger partial charge >= 0.3 is 5.97 Å². The van der Waals surface area contributed by atoms with Crippen LogP contribution in [0.2, 0.25) is 0 Å². The predicted molar refractivity (Wildman–Crippen MR) is 106 cm³/mol. The molecule has 146 valence electrons. The molecule has 4 nitrogen and oxygen atoms in total. The van der Waals surface area contributed by atoms with Crippen molar-refractivity contribution < 1.29 is 18.7 Å². The molecular weight excluding hydrogens is 382 g/mol. The zero-order valence-electron chi connectivity index (χ0n) is 15.4. The van der Waals surface area contributed by atoms with Crippen LogP contribution in [0.15, 0.2) is 30.5 Å². The van der Waals surface area contributed by atoms with Crippen LogP contribution in [0, 0.1) is 24.5 Å². The van der Waals surface area contributed by atoms with Crippen molar-refractivity contribution in [2.75, 3.05) is 11.5 Å². The number of rotatable bonds is 4. The van der Waals surface area contributed by atoms with E-state index in [2.05, 4.69) is 4.98 Å². The highest BCUT2D eigenvalue weighted by molar-refractivity contribution is 7.99. The van der Waals surface area contributed by atoms with E-state index < -0.39 is 23.2 Å². The average Bonchev–Trinajstić information content (AvgIpc) is 2.99. The summed E-state index contributed by atoms with van der Waals surface area (Å²) < 4.78 is 31.4. The first-order valence-electron chi connectivity index (χ1n) is 9.22. The number of aromatic nitrogens is 2. The number of carbonyl (C=O) groups is 1. The fourth-order valence-corrected chi connectivity index (χ4v) is 4.94. The van der Waals surface area contributed by atoms with E-state index in [4.69, 9.17) is 5.11 Å². The first-order chi connectivity index (χ1) is 13.4. The number of fused-ring (bicyclic) bond motifs is 1. The van der Waals surface area contributed by atoms with Crippen molar-refractivity contribution in [2.24, 2.45) is 5.92 Å². The molecule has 7 heteroatoms. The zero-order valence-corrected chi connectivity index (χ0v) is 16.2. The largest absolute Gasteiger partial charge is 0.478 e. The number of carboxylic acid groups (broad SMARTS) is 1. The molecule has 1 aromatic carbocycles. The van der Waals surface area contributed by atoms with Crippen molar-refractivity contribution in [2.45, 2.75) is 26.2 Å². The molecule has 1 fully saturated rings. The van der Waals surface area contributed by atoms with E-state index in [1.54, 1.807) is 0 Å². The van der Waals surface area contributed by atoms with E-state index in [0.717, 1.165) is 47.7 Å². The normalized spacial score (nSPS) is 15.2. The van der Waals surface area contributed by atoms with Gasteiger partial charge in [0.2, 0.25) is 0 Å². The maximum atomic E-state index is 14.8. The molecule has 0 atom stereocenters. The summed E-state index contributed by atoms with van der Waals surface area (Å²) in [6.45, 7) is 1.94. The molecule has 0 radical (unpaired) electrons. The highest BCUT2D eigenvalue weighted by Gasteiger charge is 2.25. The minimum atomic E-state index is -1.37. The van der Waals surface area contributed by atoms with Crippen LogP contribution in [-0.2, 0) is 6.42 Å². The molecule has 0 amide bonds. The molecule has 1 saturated heterocycles. The second-order valence-corrected chi connectivity index (χ2v) is 8.44. The quantitative estimate of drug-likeness (QED) is 0.669. The molecule has 3 aromatic rings. The zero-order chi connectivity index (χ0) is 19.8. The van der Waals surface area contributed by atoms with Crippen molar-refractivity contribution in [3.63, 3.8) is 0 Å². The lowest BCUT2D eigenvalue weighted by molar-refractivity contribution is 0.0695. The fourth-order valence-electron chi connectivity index (χ4n) is 3.74. The monoisotopic (exact) mass is 402 g/mol. The highest BCUT2D eigenvalue weighted by atomic mass is 32.2. The number of nitrogens with zero attached hydrogens (tertiary/aromatic N) is 2. The lowest BCUT2D eigenvalue weighted by Gasteiger charge is -2.21. The van der Waals surface area contributed by atoms with Crippen LogP contribution >= 0.6 is 11.8 Å². The van der Waals surface area contributed by atoms with Crippen LogP contribution < -0.4 is 0 Å². The van der Waals surface area contributed by atoms with Gasteiger partial charge < -0.3 is 9.51 Å². The van der Waals surface area contributed by atoms with Gasteiger partial charge in [0.05, 0.1) is 22.5 Å². The van der Waals surface area contributed by atoms with Crippen LogP contribution in [0.1, 0.15) is 34.5 Å². The summed E-state index contributed by atoms with van der Waals surface area (Å²) in [6, 6.07) is 5.54. The molecular formula is C21H20F2N2O2S. The second kappa shape index (κ2) is 7.54. The van der Waals surface area contributed by atoms with Gasteiger partial charge in [0.1, 0.15) is 17.3 Å². The number of halogens is 2. The lowest BCUT2D eigenvalue weighted by Crippen LogP contribution is -2.14. The molecule has 1 aliphatic heterocycles. The molecule has 0 aliphatic carbocycles. The summed E-state index contributed by atoms with van der Waals surface area (Å²) in [4.78, 5) is 15.6. The second-order valence-electron chi connectivity index (χ2n) is 7.22. The van der Waals surface area contributed by atoms with Gasteiger partial charge in [-0.2, -0.15) is 11.8 Å². The van der Waals surface area contributed by atoms with Crippen LogP contribution in [0.3, 0.4) is 0 Å². The fraction of sp³-hybridized carbons (Fsp3) is 0.333. The molecule has 3 heterocycles. The predicted octanol–water partition coefficient (Wildman–Crippen LogP) is 4.97. The van der Waals surface area contributed by atoms with Gasteiger partial charge in [-0.25, -0.2) is 18.6 Å². The molecule has 28 heavy (non-hydrogen) atoms. The number of benzene rings is 1. The molecule has 0 saturated carbocycles. The van der Waals surface area contributed by atoms with Crippen LogP contribution in [0.25, 0.3) is 16.9 Å². The Balaban J connectivity index is 1.88. The van der Waals surface area contributed by atoms with Gasteiger partial charge in [-0.05, 0) is 73.4 Å². The molecule has 2 aromatic heterocycles. The van der Waals surface area contributed by atoms with Gasteiger partial charge in [-0.1, -0.05) is 0 Å². The molecule has 0 bridgehead atoms. The Hall–Kier alpha value is -2.41. The van der Waals surface area contributed by atoms with E-state index in [1.165, 1.54) is 0 Å². The lowest BCUT2D eigenvalue weighted by atomic mass is 9.94. The molecule has 0 unspecified atom stereocenters. The molecule has 1 aliphatic rings. The van der Waals surface area contributed by atoms with Gasteiger partial charge in [-0.3, -0.25) is 0 Å². The van der Waals surface area contributed by atoms with Gasteiger partial charge in [0.15, 0.2) is 0 Å². The maximum absolute atomic E-state index is 14.8. The minimum Gasteiger partial charge on any atom is -0.478 e. The summed E-state index contributed by atoms with van der Waals surface area (Å²) >= 11 is 1.93. The van der Waals surface area contributed by atoms with Gasteiger partial charge in [-0.15, -0.1) is 0 Å². The number of thioether (sulfide) groups is 1. The molecule has 0 spiro atoms. The van der Waals surface area contributed by atoms with Gasteiger partial charge in [0.25, 0.3) is 0 Å². The average molecular weight is 402 g/mol. The molecule has 4 rings (SSSR count). The smallest absolute Gasteiger partial charge is 0.335 e. The number of aryl methyl sites for hydroxylation is 1. The number of carboxylic acids is 1. The third-order valence-corrected chi connectivity index (χ3v) is 6.28. The Morgan fingerprint density at radius 2 is 1.93 bits per heavy atom. The highest BCUT2D eigenvalue weighted by Crippen LogP contribution is 2.34. The summed E-state index contributed by atoms with van der Waals surface area (Å²) in [5.41, 5.74) is 2.00. The Morgan fingerprint density at radius 3 is 2.57 bits per heavy atom. The van der Waals surface area contributed by atoms with E-state index >= 15 is 0 Å². The first kappa shape index (κ1) is 18.9. The van der Waals surface area contributed by atoms with Crippen LogP contribution in [0.5, 0.6) is 0 Å². The number of aromatic carboxylic acids is 1. The standard InChI is InChI=1S/C21H20F2N2O2S/c1-12-2-5-25-17(9-13-3-6-28-7-4-13)20(24-18(25)8-12)19-15(22)10-14(21(26)27)11-16(19)23/h2,5,8,10-11,13H,3-4,6-7,9H2,1H3,(H,26,27). The minimum absolute atomic E-state index is 0.258. The number of hydrogen-bond acceptors (Lipinski definition) is 3. The van der Waals surface area contributed by atoms with E-state index in [0.29, 0.717) is 18.0 Å². The summed E-state index contributed by atoms with van der Waals surface area (Å²) in [6.07, 6.45) is 4.69. The number of hydrogen-bond donors (Lipinski definition) is 1. The SMILES string of the molecule is Cc1ccn2c(CC3CCSCC3)c(-c3c(F)cc(C(=O)O)cc3F)nc2c1. The van der Waals surface area contributed by atoms with Crippen molar-refractivity contribution in [1.29, 1.82) is 0 Å². The topological polar surface area (TPSA) is 54.6 Å². The van der Waals surface area contributed by atoms with Gasteiger partial charge in [0, 0.05) is 6.20 Å². The number of imidazole rings is 1. The Kier molecular flexibility index (Phi) is 5.10. The summed E-state index contributed by atoms with van der Waals surface area (Å²) in [5, 5.41) is 9.06. The van der Waals surface area contributed by atoms with E-state index in [-0.39, 0.29) is 11.3 Å². The van der Waals surface area contributed by atoms with Crippen molar-refractivity contribution >= 4 is 23.4 Å². The maximum Gasteiger partial charge on any atom is 0.335 e. The van der Waals surface area contributed by atoms with Crippen molar-refractivity contribution in [1.82, 2.24) is 9.38 Å². The van der Waals surface area contributed by atoms with E-state index in [9.17, 15) is 13.6 Å². The van der Waals surface area contributed by atoms with E-state index in [1.807, 2.05) is 41.4 Å². The van der Waals surface area contributed by atoms with Crippen LogP contribution in [-0.4, -0.2) is 32.0 Å². The summed E-state index contributed by atoms with van der Waals surface area (Å²) in [5.74, 6) is -0.561. The van der Waals surface area contributed by atoms with Crippen molar-refractivity contribution in [3.05, 3.63) is 58.9 Å². The molecule has 1 N–H and O–H groups in total. The first-order valence-corrected chi connectivity index (χ1v) is 10.4. The Bertz CT molecular complexity index is 1030. The Labute approximate surface area is 165 Å². The third kappa shape index (κ3) is 3.51. The number of pyridine rings is 1. The summed E-state index contributed by atoms with van der Waals surface area (Å²) in [7, 11) is 0.